The average molecular weight is 1480 g/mol. The predicted octanol–water partition coefficient (Wildman–Crippen LogP) is 12.2. The van der Waals surface area contributed by atoms with Gasteiger partial charge in [0, 0.05) is 126 Å². The molecule has 0 aromatic heterocycles. The summed E-state index contributed by atoms with van der Waals surface area (Å²) in [5.74, 6) is 0.899. The lowest BCUT2D eigenvalue weighted by molar-refractivity contribution is -0.133. The van der Waals surface area contributed by atoms with E-state index in [9.17, 15) is 69.6 Å². The molecule has 101 heavy (non-hydrogen) atoms. The Morgan fingerprint density at radius 3 is 1.55 bits per heavy atom. The Hall–Kier alpha value is -8.12. The van der Waals surface area contributed by atoms with Crippen LogP contribution < -0.4 is 5.32 Å². The quantitative estimate of drug-likeness (QED) is 0.0245. The van der Waals surface area contributed by atoms with Gasteiger partial charge in [-0.2, -0.15) is 0 Å². The molecule has 4 heterocycles. The molecular formula is C75H94Cl4N4O18. The molecule has 26 heteroatoms. The fourth-order valence-electron chi connectivity index (χ4n) is 15.5. The van der Waals surface area contributed by atoms with E-state index in [-0.39, 0.29) is 108 Å². The van der Waals surface area contributed by atoms with Gasteiger partial charge in [0.25, 0.3) is 6.47 Å². The average Bonchev–Trinajstić information content (AvgIpc) is 0.704. The number of nitrogens with zero attached hydrogens (tertiary/aromatic N) is 3. The lowest BCUT2D eigenvalue weighted by Gasteiger charge is -2.57. The first-order chi connectivity index (χ1) is 47.0. The van der Waals surface area contributed by atoms with Crippen molar-refractivity contribution in [1.82, 2.24) is 20.0 Å². The molecule has 9 aliphatic rings. The third-order valence-corrected chi connectivity index (χ3v) is 21.8. The number of hydrogen-bond donors (Lipinski definition) is 9. The zero-order valence-electron chi connectivity index (χ0n) is 55.5. The van der Waals surface area contributed by atoms with Crippen LogP contribution in [0.4, 0.5) is 0 Å². The van der Waals surface area contributed by atoms with E-state index >= 15 is 0 Å². The van der Waals surface area contributed by atoms with Crippen molar-refractivity contribution in [2.45, 2.75) is 173 Å². The fraction of sp³-hybridized carbons (Fsp3) is 0.467. The molecule has 5 aliphatic carbocycles. The second-order valence-electron chi connectivity index (χ2n) is 25.9. The zero-order chi connectivity index (χ0) is 70.7. The highest BCUT2D eigenvalue weighted by molar-refractivity contribution is 6.32. The number of methoxy groups -OCH3 is 2. The minimum atomic E-state index is -0.514. The van der Waals surface area contributed by atoms with E-state index in [0.29, 0.717) is 140 Å². The first-order valence-electron chi connectivity index (χ1n) is 32.9. The molecule has 4 aromatic carbocycles. The number of carbonyl (C=O) groups excluding carboxylic acids is 6. The molecule has 11 N–H and O–H groups in total. The molecule has 550 valence electrons. The standard InChI is InChI=1S/C18H20ClNO4.2C17H18ClNO4.C17H20ClNO3.C4H8O2.2CH4.H2O/c1-24-13-2-3-14-11(6-13)4-5-20(10-21)16(14)7-12-8-17(22)18(23)9-15(12)19;18-12-6-14(22)16(23)15-10(12)5-13-11-2-1-9(21)7-17(11,15)3-4-19(13)8-20;18-14-8-17(23)16(22)7-11(14)6-15-13-2-1-12(21)5-10(13)3-4-19(15)9-20;1-22-12-2-3-13-10(6-12)4-5-19-15(13)7-11-8-16(20)17(21)9-14(11)18;1-2-3-6-4-5;;;/h2,8-10,16,22-23H,3-7H2,1H3;6,8,11,13,22-23H,1-5,7H2;7-9,15,22-23H,1-6H2;2,8-9,15,19-21H,3-7H2,1H3;4H,2-3H2,1H3;2*1H4;1H2. The number of allylic oxidation sites excluding steroid dienone is 4. The SMILES string of the molecule is C.C.CCCOC=O.COC1=CCC2=C(CCN(C=O)C2Cc2cc(O)c(O)cc2Cl)C1.COC1=CCC2=C(CCNC2Cc2cc(O)c(O)cc2Cl)C1.O.O=CN1CCC23CC(=O)CCC2C1Cc1c(Cl)cc(O)c(O)c13.O=CN1CCC2=C(CCC(=O)C2)C1Cc1cc(O)c(O)cc1Cl. The zero-order valence-corrected chi connectivity index (χ0v) is 58.5. The molecule has 1 saturated heterocycles. The van der Waals surface area contributed by atoms with Crippen molar-refractivity contribution in [2.75, 3.05) is 47.0 Å². The molecule has 4 aromatic rings. The van der Waals surface area contributed by atoms with E-state index in [0.717, 1.165) is 111 Å². The largest absolute Gasteiger partial charge is 0.504 e. The summed E-state index contributed by atoms with van der Waals surface area (Å²) in [4.78, 5) is 72.9. The Bertz CT molecular complexity index is 3870. The number of hydrogen-bond acceptors (Lipinski definition) is 18. The maximum absolute atomic E-state index is 12.2. The van der Waals surface area contributed by atoms with Crippen LogP contribution in [0.25, 0.3) is 0 Å². The Morgan fingerprint density at radius 2 is 1.05 bits per heavy atom. The number of rotatable bonds is 14. The van der Waals surface area contributed by atoms with Gasteiger partial charge in [-0.3, -0.25) is 28.8 Å². The summed E-state index contributed by atoms with van der Waals surface area (Å²) in [5.41, 5.74) is 10.8. The van der Waals surface area contributed by atoms with E-state index in [2.05, 4.69) is 22.2 Å². The number of likely N-dealkylation sites (tertiary alicyclic amines) is 1. The van der Waals surface area contributed by atoms with E-state index in [1.165, 1.54) is 58.7 Å². The number of ketones is 2. The minimum Gasteiger partial charge on any atom is -0.504 e. The van der Waals surface area contributed by atoms with Gasteiger partial charge in [0.05, 0.1) is 44.4 Å². The van der Waals surface area contributed by atoms with Crippen molar-refractivity contribution in [3.05, 3.63) is 147 Å². The fourth-order valence-corrected chi connectivity index (χ4v) is 16.5. The van der Waals surface area contributed by atoms with Crippen LogP contribution >= 0.6 is 46.4 Å². The molecule has 6 atom stereocenters. The number of amides is 3. The molecule has 1 saturated carbocycles. The van der Waals surface area contributed by atoms with Gasteiger partial charge < -0.3 is 80.6 Å². The molecular weight excluding hydrogens is 1390 g/mol. The number of Topliss-reactive ketones (excluding diaryl/α,β-unsaturated/α-hetero) is 2. The number of piperidine rings is 1. The summed E-state index contributed by atoms with van der Waals surface area (Å²) in [7, 11) is 3.39. The van der Waals surface area contributed by atoms with Gasteiger partial charge in [-0.1, -0.05) is 84.9 Å². The molecule has 0 spiro atoms. The topological polar surface area (TPSA) is 345 Å². The Morgan fingerprint density at radius 1 is 0.564 bits per heavy atom. The van der Waals surface area contributed by atoms with Crippen molar-refractivity contribution in [1.29, 1.82) is 0 Å². The first-order valence-corrected chi connectivity index (χ1v) is 34.4. The summed E-state index contributed by atoms with van der Waals surface area (Å²) in [6, 6.07) is 9.80. The molecule has 2 bridgehead atoms. The van der Waals surface area contributed by atoms with E-state index in [1.54, 1.807) is 30.1 Å². The number of carbonyl (C=O) groups is 6. The van der Waals surface area contributed by atoms with Crippen molar-refractivity contribution in [3.63, 3.8) is 0 Å². The molecule has 4 aliphatic heterocycles. The third-order valence-electron chi connectivity index (χ3n) is 20.4. The van der Waals surface area contributed by atoms with E-state index in [4.69, 9.17) is 55.9 Å². The first kappa shape index (κ1) is 81.8. The minimum absolute atomic E-state index is 0. The summed E-state index contributed by atoms with van der Waals surface area (Å²) >= 11 is 24.9. The van der Waals surface area contributed by atoms with Crippen LogP contribution in [0.5, 0.6) is 46.0 Å². The summed E-state index contributed by atoms with van der Waals surface area (Å²) in [6.45, 7) is 5.69. The maximum atomic E-state index is 12.2. The lowest BCUT2D eigenvalue weighted by atomic mass is 9.52. The number of phenolic OH excluding ortho intramolecular Hbond substituents is 8. The summed E-state index contributed by atoms with van der Waals surface area (Å²) in [6.07, 6.45) is 19.7. The monoisotopic (exact) mass is 1480 g/mol. The van der Waals surface area contributed by atoms with Crippen LogP contribution in [0.2, 0.25) is 20.1 Å². The van der Waals surface area contributed by atoms with Crippen LogP contribution in [0.1, 0.15) is 146 Å². The highest BCUT2D eigenvalue weighted by Gasteiger charge is 2.57. The number of halogens is 4. The molecule has 0 radical (unpaired) electrons. The van der Waals surface area contributed by atoms with Crippen LogP contribution in [0, 0.1) is 5.92 Å². The Labute approximate surface area is 609 Å². The number of ether oxygens (including phenoxy) is 3. The molecule has 13 rings (SSSR count). The molecule has 2 fully saturated rings. The van der Waals surface area contributed by atoms with Gasteiger partial charge in [0.1, 0.15) is 11.6 Å². The second-order valence-corrected chi connectivity index (χ2v) is 27.6. The van der Waals surface area contributed by atoms with Gasteiger partial charge in [0.15, 0.2) is 46.0 Å². The number of phenols is 8. The van der Waals surface area contributed by atoms with Gasteiger partial charge in [-0.05, 0) is 165 Å². The molecule has 22 nitrogen and oxygen atoms in total. The van der Waals surface area contributed by atoms with Crippen LogP contribution in [-0.4, -0.2) is 169 Å². The van der Waals surface area contributed by atoms with Crippen LogP contribution in [0.15, 0.2) is 99.6 Å². The van der Waals surface area contributed by atoms with Crippen molar-refractivity contribution < 1.29 is 89.3 Å². The van der Waals surface area contributed by atoms with Gasteiger partial charge in [-0.25, -0.2) is 0 Å². The predicted molar refractivity (Wildman–Crippen MR) is 386 cm³/mol. The Kier molecular flexibility index (Phi) is 29.7. The van der Waals surface area contributed by atoms with E-state index < -0.39 is 5.41 Å². The molecule has 3 amide bonds. The van der Waals surface area contributed by atoms with Gasteiger partial charge in [-0.15, -0.1) is 0 Å². The van der Waals surface area contributed by atoms with E-state index in [1.807, 2.05) is 11.8 Å². The maximum Gasteiger partial charge on any atom is 0.293 e. The van der Waals surface area contributed by atoms with Crippen LogP contribution in [-0.2, 0) is 74.1 Å². The summed E-state index contributed by atoms with van der Waals surface area (Å²) in [5, 5.41) is 83.3. The van der Waals surface area contributed by atoms with Gasteiger partial charge in [0.2, 0.25) is 19.2 Å². The van der Waals surface area contributed by atoms with Gasteiger partial charge >= 0.3 is 0 Å². The smallest absolute Gasteiger partial charge is 0.293 e. The highest BCUT2D eigenvalue weighted by atomic mass is 35.5. The highest BCUT2D eigenvalue weighted by Crippen LogP contribution is 2.59. The number of fused-ring (bicyclic) bond motifs is 1. The van der Waals surface area contributed by atoms with Crippen molar-refractivity contribution >= 4 is 83.7 Å². The molecule has 6 unspecified atom stereocenters. The second kappa shape index (κ2) is 36.7. The normalized spacial score (nSPS) is 22.2. The Balaban J connectivity index is 0.000000204. The lowest BCUT2D eigenvalue weighted by Crippen LogP contribution is -2.61. The van der Waals surface area contributed by atoms with Crippen LogP contribution in [0.3, 0.4) is 0 Å². The number of nitrogens with one attached hydrogen (secondary N) is 1. The summed E-state index contributed by atoms with van der Waals surface area (Å²) < 4.78 is 15.0. The van der Waals surface area contributed by atoms with Crippen molar-refractivity contribution in [2.24, 2.45) is 5.92 Å². The number of aromatic hydroxyl groups is 8. The third kappa shape index (κ3) is 18.6. The van der Waals surface area contributed by atoms with Crippen molar-refractivity contribution in [3.8, 4) is 46.0 Å². The number of benzene rings is 4.